The average molecular weight is 135 g/mol. The van der Waals surface area contributed by atoms with Gasteiger partial charge in [0.1, 0.15) is 0 Å². The fourth-order valence-electron chi connectivity index (χ4n) is 0.774. The molecule has 1 rings (SSSR count). The Bertz CT molecular complexity index is 223. The van der Waals surface area contributed by atoms with Gasteiger partial charge in [-0.1, -0.05) is 6.08 Å². The molecule has 1 aliphatic rings. The molecule has 1 heterocycles. The molecule has 0 atom stereocenters. The van der Waals surface area contributed by atoms with Gasteiger partial charge >= 0.3 is 0 Å². The maximum atomic E-state index is 6.96. The molecule has 52 valence electrons. The monoisotopic (exact) mass is 135 g/mol. The van der Waals surface area contributed by atoms with Crippen LogP contribution in [0, 0.1) is 5.41 Å². The molecule has 1 aliphatic heterocycles. The molecule has 0 amide bonds. The largest absolute Gasteiger partial charge is 0.308 e. The highest BCUT2D eigenvalue weighted by Gasteiger charge is 2.05. The normalized spacial score (nSPS) is 17.3. The Morgan fingerprint density at radius 3 is 3.20 bits per heavy atom. The lowest BCUT2D eigenvalue weighted by molar-refractivity contribution is 1.27. The maximum Gasteiger partial charge on any atom is 0.155 e. The fourth-order valence-corrected chi connectivity index (χ4v) is 0.774. The summed E-state index contributed by atoms with van der Waals surface area (Å²) in [6.07, 6.45) is 4.84. The van der Waals surface area contributed by atoms with Crippen LogP contribution in [0.5, 0.6) is 0 Å². The molecule has 3 nitrogen and oxygen atoms in total. The SMILES string of the molecule is CC=NC1=NCC=C1C=N. The quantitative estimate of drug-likeness (QED) is 0.523. The van der Waals surface area contributed by atoms with E-state index < -0.39 is 0 Å². The molecule has 1 N–H and O–H groups in total. The third-order valence-electron chi connectivity index (χ3n) is 1.22. The van der Waals surface area contributed by atoms with Crippen LogP contribution in [0.2, 0.25) is 0 Å². The number of hydrogen-bond acceptors (Lipinski definition) is 3. The third-order valence-corrected chi connectivity index (χ3v) is 1.22. The van der Waals surface area contributed by atoms with E-state index in [1.807, 2.05) is 13.0 Å². The smallest absolute Gasteiger partial charge is 0.155 e. The zero-order valence-corrected chi connectivity index (χ0v) is 5.83. The first kappa shape index (κ1) is 6.86. The second kappa shape index (κ2) is 3.06. The summed E-state index contributed by atoms with van der Waals surface area (Å²) in [5.74, 6) is 0.678. The highest BCUT2D eigenvalue weighted by molar-refractivity contribution is 6.17. The van der Waals surface area contributed by atoms with Crippen LogP contribution in [0.25, 0.3) is 0 Å². The summed E-state index contributed by atoms with van der Waals surface area (Å²) in [5.41, 5.74) is 0.818. The lowest BCUT2D eigenvalue weighted by Crippen LogP contribution is -1.95. The molecule has 0 spiro atoms. The van der Waals surface area contributed by atoms with Crippen molar-refractivity contribution >= 4 is 18.3 Å². The summed E-state index contributed by atoms with van der Waals surface area (Å²) >= 11 is 0. The number of rotatable bonds is 1. The molecule has 10 heavy (non-hydrogen) atoms. The Morgan fingerprint density at radius 2 is 2.60 bits per heavy atom. The van der Waals surface area contributed by atoms with E-state index in [4.69, 9.17) is 5.41 Å². The first-order valence-corrected chi connectivity index (χ1v) is 3.12. The lowest BCUT2D eigenvalue weighted by Gasteiger charge is -1.90. The van der Waals surface area contributed by atoms with Gasteiger partial charge in [-0.25, -0.2) is 4.99 Å². The predicted octanol–water partition coefficient (Wildman–Crippen LogP) is 1.07. The van der Waals surface area contributed by atoms with Crippen molar-refractivity contribution in [3.8, 4) is 0 Å². The molecule has 0 aliphatic carbocycles. The van der Waals surface area contributed by atoms with Gasteiger partial charge in [0.25, 0.3) is 0 Å². The van der Waals surface area contributed by atoms with Crippen LogP contribution in [0.15, 0.2) is 21.6 Å². The van der Waals surface area contributed by atoms with Gasteiger partial charge in [0.2, 0.25) is 0 Å². The molecule has 0 unspecified atom stereocenters. The number of nitrogens with zero attached hydrogens (tertiary/aromatic N) is 2. The number of aliphatic imine (C=N–C) groups is 2. The van der Waals surface area contributed by atoms with Crippen LogP contribution in [-0.4, -0.2) is 24.8 Å². The molecule has 3 heteroatoms. The van der Waals surface area contributed by atoms with Crippen LogP contribution in [0.3, 0.4) is 0 Å². The van der Waals surface area contributed by atoms with Gasteiger partial charge in [-0.05, 0) is 6.92 Å². The number of nitrogens with one attached hydrogen (secondary N) is 1. The van der Waals surface area contributed by atoms with Crippen LogP contribution in [-0.2, 0) is 0 Å². The summed E-state index contributed by atoms with van der Waals surface area (Å²) in [6, 6.07) is 0. The van der Waals surface area contributed by atoms with Crippen LogP contribution >= 0.6 is 0 Å². The average Bonchev–Trinajstić information content (AvgIpc) is 2.36. The van der Waals surface area contributed by atoms with E-state index in [2.05, 4.69) is 9.98 Å². The summed E-state index contributed by atoms with van der Waals surface area (Å²) in [6.45, 7) is 2.50. The summed E-state index contributed by atoms with van der Waals surface area (Å²) in [5, 5.41) is 6.96. The van der Waals surface area contributed by atoms with Gasteiger partial charge in [-0.15, -0.1) is 0 Å². The fraction of sp³-hybridized carbons (Fsp3) is 0.286. The van der Waals surface area contributed by atoms with Crippen LogP contribution in [0.4, 0.5) is 0 Å². The van der Waals surface area contributed by atoms with Crippen molar-refractivity contribution in [2.75, 3.05) is 6.54 Å². The molecule has 0 aromatic rings. The minimum absolute atomic E-state index is 0.664. The third kappa shape index (κ3) is 1.18. The van der Waals surface area contributed by atoms with Crippen molar-refractivity contribution in [1.82, 2.24) is 0 Å². The minimum Gasteiger partial charge on any atom is -0.308 e. The number of amidine groups is 1. The molecule has 0 aromatic carbocycles. The van der Waals surface area contributed by atoms with Crippen molar-refractivity contribution in [2.45, 2.75) is 6.92 Å². The molecular formula is C7H9N3. The topological polar surface area (TPSA) is 48.6 Å². The first-order valence-electron chi connectivity index (χ1n) is 3.12. The second-order valence-corrected chi connectivity index (χ2v) is 1.86. The van der Waals surface area contributed by atoms with Crippen LogP contribution in [0.1, 0.15) is 6.92 Å². The van der Waals surface area contributed by atoms with Gasteiger partial charge in [0.05, 0.1) is 6.54 Å². The zero-order chi connectivity index (χ0) is 7.40. The van der Waals surface area contributed by atoms with Crippen molar-refractivity contribution < 1.29 is 0 Å². The van der Waals surface area contributed by atoms with E-state index in [1.165, 1.54) is 6.21 Å². The van der Waals surface area contributed by atoms with E-state index in [1.54, 1.807) is 6.21 Å². The van der Waals surface area contributed by atoms with Crippen molar-refractivity contribution in [3.05, 3.63) is 11.6 Å². The second-order valence-electron chi connectivity index (χ2n) is 1.86. The first-order chi connectivity index (χ1) is 4.88. The summed E-state index contributed by atoms with van der Waals surface area (Å²) in [7, 11) is 0. The maximum absolute atomic E-state index is 6.96. The van der Waals surface area contributed by atoms with Crippen molar-refractivity contribution in [3.63, 3.8) is 0 Å². The lowest BCUT2D eigenvalue weighted by atomic mass is 10.3. The Morgan fingerprint density at radius 1 is 1.80 bits per heavy atom. The predicted molar refractivity (Wildman–Crippen MR) is 43.3 cm³/mol. The van der Waals surface area contributed by atoms with Gasteiger partial charge in [0.15, 0.2) is 5.84 Å². The van der Waals surface area contributed by atoms with Gasteiger partial charge in [0, 0.05) is 18.0 Å². The molecule has 0 bridgehead atoms. The highest BCUT2D eigenvalue weighted by atomic mass is 14.9. The molecule has 0 aromatic heterocycles. The van der Waals surface area contributed by atoms with Crippen molar-refractivity contribution in [2.24, 2.45) is 9.98 Å². The van der Waals surface area contributed by atoms with Crippen molar-refractivity contribution in [1.29, 1.82) is 5.41 Å². The van der Waals surface area contributed by atoms with Gasteiger partial charge in [-0.3, -0.25) is 4.99 Å². The van der Waals surface area contributed by atoms with Crippen LogP contribution < -0.4 is 0 Å². The van der Waals surface area contributed by atoms with E-state index in [0.29, 0.717) is 12.4 Å². The Balaban J connectivity index is 2.78. The minimum atomic E-state index is 0.664. The summed E-state index contributed by atoms with van der Waals surface area (Å²) in [4.78, 5) is 8.03. The Kier molecular flexibility index (Phi) is 2.10. The standard InChI is InChI=1S/C7H9N3/c1-2-9-7-6(5-8)3-4-10-7/h2-3,5,8H,4H2,1H3. The highest BCUT2D eigenvalue weighted by Crippen LogP contribution is 2.03. The number of hydrogen-bond donors (Lipinski definition) is 1. The van der Waals surface area contributed by atoms with Gasteiger partial charge < -0.3 is 5.41 Å². The Labute approximate surface area is 59.7 Å². The molecule has 0 saturated heterocycles. The molecule has 0 radical (unpaired) electrons. The Hall–Kier alpha value is -1.25. The van der Waals surface area contributed by atoms with E-state index in [-0.39, 0.29) is 0 Å². The summed E-state index contributed by atoms with van der Waals surface area (Å²) < 4.78 is 0. The zero-order valence-electron chi connectivity index (χ0n) is 5.83. The molecule has 0 fully saturated rings. The van der Waals surface area contributed by atoms with E-state index >= 15 is 0 Å². The van der Waals surface area contributed by atoms with E-state index in [0.717, 1.165) is 5.57 Å². The van der Waals surface area contributed by atoms with Gasteiger partial charge in [-0.2, -0.15) is 0 Å². The molecular weight excluding hydrogens is 126 g/mol. The van der Waals surface area contributed by atoms with E-state index in [9.17, 15) is 0 Å². The molecule has 0 saturated carbocycles.